The van der Waals surface area contributed by atoms with Crippen LogP contribution in [0.3, 0.4) is 0 Å². The largest absolute Gasteiger partial charge is 0.328 e. The quantitative estimate of drug-likeness (QED) is 0.859. The molecule has 1 aromatic rings. The zero-order valence-electron chi connectivity index (χ0n) is 5.89. The highest BCUT2D eigenvalue weighted by atomic mass is 79.9. The number of hydrogen-bond donors (Lipinski definition) is 1. The summed E-state index contributed by atoms with van der Waals surface area (Å²) in [5.41, 5.74) is 5.14. The molecular weight excluding hydrogens is 229 g/mol. The maximum atomic E-state index is 12.7. The number of hydrogen-bond acceptors (Lipinski definition) is 2. The normalized spacial score (nSPS) is 13.4. The Morgan fingerprint density at radius 2 is 2.36 bits per heavy atom. The lowest BCUT2D eigenvalue weighted by Crippen LogP contribution is -2.16. The van der Waals surface area contributed by atoms with Crippen LogP contribution in [0.1, 0.15) is 4.88 Å². The van der Waals surface area contributed by atoms with E-state index in [0.29, 0.717) is 6.42 Å². The first-order valence-corrected chi connectivity index (χ1v) is 4.91. The van der Waals surface area contributed by atoms with Gasteiger partial charge in [0, 0.05) is 17.8 Å². The molecule has 0 aliphatic heterocycles. The molecule has 0 radical (unpaired) electrons. The van der Waals surface area contributed by atoms with Gasteiger partial charge in [-0.1, -0.05) is 0 Å². The van der Waals surface area contributed by atoms with E-state index in [1.54, 1.807) is 11.3 Å². The molecule has 0 saturated carbocycles. The standard InChI is InChI=1S/C7H9BrFNS/c8-7-2-1-6(11-7)3-5(9)4-10/h1-2,5H,3-4,10H2. The van der Waals surface area contributed by atoms with Gasteiger partial charge in [0.2, 0.25) is 0 Å². The number of rotatable bonds is 3. The van der Waals surface area contributed by atoms with Crippen LogP contribution in [0.5, 0.6) is 0 Å². The molecule has 2 N–H and O–H groups in total. The SMILES string of the molecule is NCC(F)Cc1ccc(Br)s1. The summed E-state index contributed by atoms with van der Waals surface area (Å²) in [7, 11) is 0. The number of halogens is 2. The Morgan fingerprint density at radius 3 is 2.82 bits per heavy atom. The van der Waals surface area contributed by atoms with E-state index >= 15 is 0 Å². The Bertz CT molecular complexity index is 226. The monoisotopic (exact) mass is 237 g/mol. The molecule has 0 saturated heterocycles. The Kier molecular flexibility index (Phi) is 3.48. The van der Waals surface area contributed by atoms with Crippen molar-refractivity contribution in [1.29, 1.82) is 0 Å². The van der Waals surface area contributed by atoms with Crippen molar-refractivity contribution in [2.45, 2.75) is 12.6 Å². The second kappa shape index (κ2) is 4.18. The minimum absolute atomic E-state index is 0.107. The molecule has 1 nitrogen and oxygen atoms in total. The first-order chi connectivity index (χ1) is 5.22. The van der Waals surface area contributed by atoms with Gasteiger partial charge in [0.15, 0.2) is 0 Å². The zero-order valence-corrected chi connectivity index (χ0v) is 8.29. The van der Waals surface area contributed by atoms with Crippen molar-refractivity contribution in [2.24, 2.45) is 5.73 Å². The highest BCUT2D eigenvalue weighted by Crippen LogP contribution is 2.23. The third kappa shape index (κ3) is 2.89. The summed E-state index contributed by atoms with van der Waals surface area (Å²) in [6, 6.07) is 3.83. The molecule has 1 rings (SSSR count). The van der Waals surface area contributed by atoms with E-state index in [-0.39, 0.29) is 6.54 Å². The van der Waals surface area contributed by atoms with Crippen LogP contribution in [0.15, 0.2) is 15.9 Å². The molecule has 11 heavy (non-hydrogen) atoms. The summed E-state index contributed by atoms with van der Waals surface area (Å²) in [6.45, 7) is 0.107. The summed E-state index contributed by atoms with van der Waals surface area (Å²) >= 11 is 4.86. The lowest BCUT2D eigenvalue weighted by atomic mass is 10.2. The molecule has 0 amide bonds. The molecule has 1 atom stereocenters. The van der Waals surface area contributed by atoms with Crippen molar-refractivity contribution in [1.82, 2.24) is 0 Å². The summed E-state index contributed by atoms with van der Waals surface area (Å²) < 4.78 is 13.7. The van der Waals surface area contributed by atoms with Gasteiger partial charge in [-0.2, -0.15) is 0 Å². The van der Waals surface area contributed by atoms with E-state index in [1.165, 1.54) is 0 Å². The maximum absolute atomic E-state index is 12.7. The predicted molar refractivity (Wildman–Crippen MR) is 49.7 cm³/mol. The van der Waals surface area contributed by atoms with Crippen molar-refractivity contribution >= 4 is 27.3 Å². The van der Waals surface area contributed by atoms with Crippen LogP contribution in [-0.4, -0.2) is 12.7 Å². The van der Waals surface area contributed by atoms with Gasteiger partial charge in [0.25, 0.3) is 0 Å². The summed E-state index contributed by atoms with van der Waals surface area (Å²) in [5, 5.41) is 0. The van der Waals surface area contributed by atoms with Gasteiger partial charge < -0.3 is 5.73 Å². The van der Waals surface area contributed by atoms with Crippen molar-refractivity contribution in [3.05, 3.63) is 20.8 Å². The molecule has 0 bridgehead atoms. The third-order valence-electron chi connectivity index (χ3n) is 1.31. The van der Waals surface area contributed by atoms with Gasteiger partial charge in [-0.05, 0) is 28.1 Å². The molecule has 0 fully saturated rings. The third-order valence-corrected chi connectivity index (χ3v) is 2.95. The van der Waals surface area contributed by atoms with Crippen molar-refractivity contribution in [3.63, 3.8) is 0 Å². The minimum atomic E-state index is -0.902. The van der Waals surface area contributed by atoms with Crippen LogP contribution in [0.4, 0.5) is 4.39 Å². The summed E-state index contributed by atoms with van der Waals surface area (Å²) in [6.07, 6.45) is -0.465. The van der Waals surface area contributed by atoms with E-state index in [1.807, 2.05) is 12.1 Å². The molecule has 62 valence electrons. The fraction of sp³-hybridized carbons (Fsp3) is 0.429. The predicted octanol–water partition coefficient (Wildman–Crippen LogP) is 2.35. The Labute approximate surface area is 77.5 Å². The molecule has 0 aliphatic carbocycles. The highest BCUT2D eigenvalue weighted by molar-refractivity contribution is 9.11. The van der Waals surface area contributed by atoms with Gasteiger partial charge in [-0.25, -0.2) is 4.39 Å². The summed E-state index contributed by atoms with van der Waals surface area (Å²) in [5.74, 6) is 0. The van der Waals surface area contributed by atoms with Crippen LogP contribution in [0.2, 0.25) is 0 Å². The smallest absolute Gasteiger partial charge is 0.117 e. The van der Waals surface area contributed by atoms with Crippen LogP contribution in [-0.2, 0) is 6.42 Å². The Balaban J connectivity index is 2.50. The first kappa shape index (κ1) is 9.16. The van der Waals surface area contributed by atoms with E-state index in [9.17, 15) is 4.39 Å². The highest BCUT2D eigenvalue weighted by Gasteiger charge is 2.06. The fourth-order valence-electron chi connectivity index (χ4n) is 0.763. The molecule has 1 aromatic heterocycles. The molecular formula is C7H9BrFNS. The van der Waals surface area contributed by atoms with Crippen LogP contribution in [0, 0.1) is 0 Å². The van der Waals surface area contributed by atoms with Crippen LogP contribution < -0.4 is 5.73 Å². The topological polar surface area (TPSA) is 26.0 Å². The number of thiophene rings is 1. The number of alkyl halides is 1. The number of nitrogens with two attached hydrogens (primary N) is 1. The fourth-order valence-corrected chi connectivity index (χ4v) is 2.31. The molecule has 0 aliphatic rings. The van der Waals surface area contributed by atoms with Gasteiger partial charge in [0.1, 0.15) is 6.17 Å². The van der Waals surface area contributed by atoms with Crippen molar-refractivity contribution < 1.29 is 4.39 Å². The van der Waals surface area contributed by atoms with E-state index < -0.39 is 6.17 Å². The van der Waals surface area contributed by atoms with Crippen LogP contribution >= 0.6 is 27.3 Å². The van der Waals surface area contributed by atoms with Crippen molar-refractivity contribution in [3.8, 4) is 0 Å². The van der Waals surface area contributed by atoms with E-state index in [4.69, 9.17) is 5.73 Å². The second-order valence-corrected chi connectivity index (χ2v) is 4.79. The second-order valence-electron chi connectivity index (χ2n) is 2.24. The minimum Gasteiger partial charge on any atom is -0.328 e. The molecule has 0 spiro atoms. The van der Waals surface area contributed by atoms with E-state index in [2.05, 4.69) is 15.9 Å². The van der Waals surface area contributed by atoms with Gasteiger partial charge in [-0.3, -0.25) is 0 Å². The van der Waals surface area contributed by atoms with E-state index in [0.717, 1.165) is 8.66 Å². The van der Waals surface area contributed by atoms with Crippen molar-refractivity contribution in [2.75, 3.05) is 6.54 Å². The molecule has 1 heterocycles. The zero-order chi connectivity index (χ0) is 8.27. The molecule has 4 heteroatoms. The average Bonchev–Trinajstić information content (AvgIpc) is 2.35. The Morgan fingerprint density at radius 1 is 1.64 bits per heavy atom. The Hall–Kier alpha value is 0.0700. The summed E-state index contributed by atoms with van der Waals surface area (Å²) in [4.78, 5) is 1.04. The average molecular weight is 238 g/mol. The van der Waals surface area contributed by atoms with Gasteiger partial charge in [-0.15, -0.1) is 11.3 Å². The van der Waals surface area contributed by atoms with Gasteiger partial charge >= 0.3 is 0 Å². The lowest BCUT2D eigenvalue weighted by molar-refractivity contribution is 0.342. The first-order valence-electron chi connectivity index (χ1n) is 3.30. The maximum Gasteiger partial charge on any atom is 0.117 e. The van der Waals surface area contributed by atoms with Crippen LogP contribution in [0.25, 0.3) is 0 Å². The molecule has 0 aromatic carbocycles. The van der Waals surface area contributed by atoms with Gasteiger partial charge in [0.05, 0.1) is 3.79 Å². The lowest BCUT2D eigenvalue weighted by Gasteiger charge is -2.00. The molecule has 1 unspecified atom stereocenters.